The van der Waals surface area contributed by atoms with E-state index in [1.807, 2.05) is 30.3 Å². The van der Waals surface area contributed by atoms with E-state index in [2.05, 4.69) is 4.72 Å². The Hall–Kier alpha value is -1.44. The minimum Gasteiger partial charge on any atom is -0.369 e. The molecule has 0 unspecified atom stereocenters. The van der Waals surface area contributed by atoms with Crippen LogP contribution in [0.2, 0.25) is 0 Å². The van der Waals surface area contributed by atoms with E-state index < -0.39 is 22.7 Å². The molecule has 1 rings (SSSR count). The van der Waals surface area contributed by atoms with Crippen molar-refractivity contribution in [3.05, 3.63) is 35.9 Å². The van der Waals surface area contributed by atoms with Crippen LogP contribution in [0.3, 0.4) is 0 Å². The molecule has 0 atom stereocenters. The number of nitrogens with one attached hydrogen (secondary N) is 1. The summed E-state index contributed by atoms with van der Waals surface area (Å²) in [6, 6.07) is 9.14. The molecule has 0 saturated carbocycles. The van der Waals surface area contributed by atoms with E-state index in [9.17, 15) is 13.2 Å². The number of nitrogens with two attached hydrogens (primary N) is 1. The smallest absolute Gasteiger partial charge is 0.279 e. The first kappa shape index (κ1) is 13.6. The average Bonchev–Trinajstić information content (AvgIpc) is 2.28. The van der Waals surface area contributed by atoms with Gasteiger partial charge in [-0.05, 0) is 5.56 Å². The Labute approximate surface area is 101 Å². The van der Waals surface area contributed by atoms with E-state index in [0.717, 1.165) is 9.87 Å². The Morgan fingerprint density at radius 3 is 2.47 bits per heavy atom. The Bertz CT molecular complexity index is 473. The predicted octanol–water partition coefficient (Wildman–Crippen LogP) is -0.562. The van der Waals surface area contributed by atoms with Gasteiger partial charge in [0.1, 0.15) is 0 Å². The van der Waals surface area contributed by atoms with Crippen molar-refractivity contribution in [2.45, 2.75) is 6.54 Å². The van der Waals surface area contributed by atoms with Crippen LogP contribution in [0.4, 0.5) is 0 Å². The number of hydrogen-bond acceptors (Lipinski definition) is 3. The van der Waals surface area contributed by atoms with Gasteiger partial charge in [-0.2, -0.15) is 17.4 Å². The Morgan fingerprint density at radius 1 is 1.35 bits per heavy atom. The van der Waals surface area contributed by atoms with Crippen LogP contribution >= 0.6 is 0 Å². The van der Waals surface area contributed by atoms with Gasteiger partial charge in [0.25, 0.3) is 10.2 Å². The third-order valence-electron chi connectivity index (χ3n) is 2.09. The molecule has 94 valence electrons. The van der Waals surface area contributed by atoms with Crippen molar-refractivity contribution >= 4 is 16.1 Å². The summed E-state index contributed by atoms with van der Waals surface area (Å²) in [5.41, 5.74) is 5.73. The summed E-state index contributed by atoms with van der Waals surface area (Å²) in [4.78, 5) is 10.5. The molecule has 0 spiro atoms. The van der Waals surface area contributed by atoms with Crippen molar-refractivity contribution in [2.75, 3.05) is 13.6 Å². The van der Waals surface area contributed by atoms with Crippen LogP contribution in [-0.2, 0) is 21.5 Å². The highest BCUT2D eigenvalue weighted by molar-refractivity contribution is 7.87. The molecule has 0 bridgehead atoms. The summed E-state index contributed by atoms with van der Waals surface area (Å²) in [5.74, 6) is -0.721. The van der Waals surface area contributed by atoms with Crippen molar-refractivity contribution < 1.29 is 13.2 Å². The van der Waals surface area contributed by atoms with E-state index in [-0.39, 0.29) is 6.54 Å². The highest BCUT2D eigenvalue weighted by Crippen LogP contribution is 2.05. The van der Waals surface area contributed by atoms with Gasteiger partial charge in [0.05, 0.1) is 6.54 Å². The van der Waals surface area contributed by atoms with E-state index in [1.165, 1.54) is 7.05 Å². The number of rotatable bonds is 6. The highest BCUT2D eigenvalue weighted by atomic mass is 32.2. The second kappa shape index (κ2) is 5.76. The Morgan fingerprint density at radius 2 is 1.94 bits per heavy atom. The molecule has 0 aliphatic rings. The molecular formula is C10H15N3O3S. The molecule has 0 aliphatic carbocycles. The molecule has 0 fully saturated rings. The van der Waals surface area contributed by atoms with Crippen molar-refractivity contribution in [2.24, 2.45) is 5.73 Å². The normalized spacial score (nSPS) is 11.6. The molecule has 0 aromatic heterocycles. The van der Waals surface area contributed by atoms with E-state index >= 15 is 0 Å². The first-order chi connectivity index (χ1) is 7.92. The second-order valence-electron chi connectivity index (χ2n) is 3.53. The number of amides is 1. The van der Waals surface area contributed by atoms with Gasteiger partial charge in [0, 0.05) is 13.6 Å². The second-order valence-corrected chi connectivity index (χ2v) is 5.40. The molecule has 6 nitrogen and oxygen atoms in total. The summed E-state index contributed by atoms with van der Waals surface area (Å²) >= 11 is 0. The number of primary amides is 1. The van der Waals surface area contributed by atoms with Gasteiger partial charge < -0.3 is 5.73 Å². The van der Waals surface area contributed by atoms with Crippen molar-refractivity contribution in [3.63, 3.8) is 0 Å². The summed E-state index contributed by atoms with van der Waals surface area (Å²) in [6.07, 6.45) is 0. The van der Waals surface area contributed by atoms with E-state index in [1.54, 1.807) is 0 Å². The van der Waals surface area contributed by atoms with Crippen molar-refractivity contribution in [1.29, 1.82) is 0 Å². The number of carbonyl (C=O) groups is 1. The fourth-order valence-corrected chi connectivity index (χ4v) is 2.06. The molecular weight excluding hydrogens is 242 g/mol. The van der Waals surface area contributed by atoms with Crippen LogP contribution in [0.5, 0.6) is 0 Å². The summed E-state index contributed by atoms with van der Waals surface area (Å²) in [7, 11) is -2.24. The summed E-state index contributed by atoms with van der Waals surface area (Å²) in [6.45, 7) is -0.170. The van der Waals surface area contributed by atoms with Crippen LogP contribution < -0.4 is 10.5 Å². The third-order valence-corrected chi connectivity index (χ3v) is 3.55. The molecule has 0 heterocycles. The van der Waals surface area contributed by atoms with Crippen LogP contribution in [0.1, 0.15) is 5.56 Å². The molecule has 1 aromatic rings. The number of carbonyl (C=O) groups excluding carboxylic acids is 1. The van der Waals surface area contributed by atoms with Gasteiger partial charge in [0.2, 0.25) is 5.91 Å². The molecule has 0 radical (unpaired) electrons. The molecule has 17 heavy (non-hydrogen) atoms. The Balaban J connectivity index is 2.63. The molecule has 7 heteroatoms. The van der Waals surface area contributed by atoms with Gasteiger partial charge >= 0.3 is 0 Å². The fraction of sp³-hybridized carbons (Fsp3) is 0.300. The highest BCUT2D eigenvalue weighted by Gasteiger charge is 2.17. The average molecular weight is 257 g/mol. The standard InChI is InChI=1S/C10H15N3O3S/c1-13(8-9-5-3-2-4-6-9)17(15,16)12-7-10(11)14/h2-6,12H,7-8H2,1H3,(H2,11,14). The first-order valence-corrected chi connectivity index (χ1v) is 6.39. The summed E-state index contributed by atoms with van der Waals surface area (Å²) < 4.78 is 26.5. The molecule has 0 saturated heterocycles. The number of hydrogen-bond donors (Lipinski definition) is 2. The van der Waals surface area contributed by atoms with Crippen molar-refractivity contribution in [3.8, 4) is 0 Å². The Kier molecular flexibility index (Phi) is 4.62. The minimum atomic E-state index is -3.67. The van der Waals surface area contributed by atoms with Crippen LogP contribution in [0.15, 0.2) is 30.3 Å². The monoisotopic (exact) mass is 257 g/mol. The quantitative estimate of drug-likeness (QED) is 0.715. The van der Waals surface area contributed by atoms with Gasteiger partial charge in [-0.3, -0.25) is 4.79 Å². The topological polar surface area (TPSA) is 92.5 Å². The molecule has 0 aliphatic heterocycles. The number of nitrogens with zero attached hydrogens (tertiary/aromatic N) is 1. The molecule has 3 N–H and O–H groups in total. The lowest BCUT2D eigenvalue weighted by molar-refractivity contribution is -0.116. The van der Waals surface area contributed by atoms with Crippen LogP contribution in [-0.4, -0.2) is 32.2 Å². The lowest BCUT2D eigenvalue weighted by Crippen LogP contribution is -2.41. The van der Waals surface area contributed by atoms with Gasteiger partial charge in [-0.15, -0.1) is 0 Å². The van der Waals surface area contributed by atoms with E-state index in [0.29, 0.717) is 0 Å². The zero-order valence-electron chi connectivity index (χ0n) is 9.46. The minimum absolute atomic E-state index is 0.231. The maximum atomic E-state index is 11.6. The van der Waals surface area contributed by atoms with Crippen LogP contribution in [0, 0.1) is 0 Å². The van der Waals surface area contributed by atoms with Crippen molar-refractivity contribution in [1.82, 2.24) is 9.03 Å². The first-order valence-electron chi connectivity index (χ1n) is 4.95. The van der Waals surface area contributed by atoms with Crippen LogP contribution in [0.25, 0.3) is 0 Å². The lowest BCUT2D eigenvalue weighted by Gasteiger charge is -2.17. The largest absolute Gasteiger partial charge is 0.369 e. The maximum absolute atomic E-state index is 11.6. The predicted molar refractivity (Wildman–Crippen MR) is 64.0 cm³/mol. The molecule has 1 amide bonds. The molecule has 1 aromatic carbocycles. The number of benzene rings is 1. The summed E-state index contributed by atoms with van der Waals surface area (Å²) in [5, 5.41) is 0. The van der Waals surface area contributed by atoms with Gasteiger partial charge in [-0.1, -0.05) is 30.3 Å². The fourth-order valence-electron chi connectivity index (χ4n) is 1.20. The van der Waals surface area contributed by atoms with E-state index in [4.69, 9.17) is 5.73 Å². The lowest BCUT2D eigenvalue weighted by atomic mass is 10.2. The maximum Gasteiger partial charge on any atom is 0.279 e. The zero-order valence-corrected chi connectivity index (χ0v) is 10.3. The SMILES string of the molecule is CN(Cc1ccccc1)S(=O)(=O)NCC(N)=O. The van der Waals surface area contributed by atoms with Gasteiger partial charge in [0.15, 0.2) is 0 Å². The van der Waals surface area contributed by atoms with Gasteiger partial charge in [-0.25, -0.2) is 0 Å². The zero-order chi connectivity index (χ0) is 12.9. The third kappa shape index (κ3) is 4.51.